The third-order valence-electron chi connectivity index (χ3n) is 3.80. The van der Waals surface area contributed by atoms with Crippen molar-refractivity contribution in [1.29, 1.82) is 0 Å². The normalized spacial score (nSPS) is 16.1. The minimum Gasteiger partial charge on any atom is -0.298 e. The van der Waals surface area contributed by atoms with E-state index in [0.29, 0.717) is 27.2 Å². The molecule has 1 saturated carbocycles. The summed E-state index contributed by atoms with van der Waals surface area (Å²) in [6.07, 6.45) is 4.95. The molecule has 0 bridgehead atoms. The van der Waals surface area contributed by atoms with E-state index in [1.165, 1.54) is 18.9 Å². The van der Waals surface area contributed by atoms with Gasteiger partial charge in [0.25, 0.3) is 0 Å². The van der Waals surface area contributed by atoms with E-state index in [-0.39, 0.29) is 11.9 Å². The van der Waals surface area contributed by atoms with Crippen molar-refractivity contribution in [2.45, 2.75) is 25.8 Å². The van der Waals surface area contributed by atoms with Crippen LogP contribution in [0.15, 0.2) is 28.9 Å². The van der Waals surface area contributed by atoms with Crippen molar-refractivity contribution in [2.24, 2.45) is 5.92 Å². The Morgan fingerprint density at radius 2 is 2.25 bits per heavy atom. The molecule has 20 heavy (non-hydrogen) atoms. The molecule has 1 heterocycles. The monoisotopic (exact) mass is 336 g/mol. The van der Waals surface area contributed by atoms with Crippen molar-refractivity contribution in [1.82, 2.24) is 9.78 Å². The number of hydrogen-bond donors (Lipinski definition) is 0. The molecule has 3 nitrogen and oxygen atoms in total. The molecular weight excluding hydrogens is 323 g/mol. The van der Waals surface area contributed by atoms with E-state index < -0.39 is 0 Å². The number of carbonyl (C=O) groups excluding carboxylic acids is 1. The van der Waals surface area contributed by atoms with Gasteiger partial charge in [0.15, 0.2) is 6.29 Å². The number of hydrogen-bond acceptors (Lipinski definition) is 2. The van der Waals surface area contributed by atoms with E-state index in [1.807, 2.05) is 4.68 Å². The average molecular weight is 337 g/mol. The average Bonchev–Trinajstić information content (AvgIpc) is 3.20. The maximum atomic E-state index is 13.6. The molecule has 0 N–H and O–H groups in total. The first-order chi connectivity index (χ1) is 9.60. The second kappa shape index (κ2) is 5.13. The Kier molecular flexibility index (Phi) is 3.46. The Balaban J connectivity index is 2.02. The highest BCUT2D eigenvalue weighted by molar-refractivity contribution is 9.10. The quantitative estimate of drug-likeness (QED) is 0.783. The van der Waals surface area contributed by atoms with Crippen molar-refractivity contribution < 1.29 is 9.18 Å². The fraction of sp³-hybridized carbons (Fsp3) is 0.333. The van der Waals surface area contributed by atoms with Gasteiger partial charge in [0.2, 0.25) is 0 Å². The second-order valence-electron chi connectivity index (χ2n) is 5.24. The minimum absolute atomic E-state index is 0.280. The third kappa shape index (κ3) is 2.42. The highest BCUT2D eigenvalue weighted by Crippen LogP contribution is 2.39. The molecule has 1 aromatic heterocycles. The summed E-state index contributed by atoms with van der Waals surface area (Å²) in [5, 5.41) is 4.49. The zero-order chi connectivity index (χ0) is 14.3. The highest BCUT2D eigenvalue weighted by atomic mass is 79.9. The van der Waals surface area contributed by atoms with Crippen LogP contribution in [-0.2, 0) is 0 Å². The summed E-state index contributed by atoms with van der Waals surface area (Å²) in [7, 11) is 0. The van der Waals surface area contributed by atoms with Gasteiger partial charge in [0.1, 0.15) is 11.5 Å². The van der Waals surface area contributed by atoms with E-state index in [1.54, 1.807) is 18.3 Å². The zero-order valence-corrected chi connectivity index (χ0v) is 12.6. The van der Waals surface area contributed by atoms with E-state index in [9.17, 15) is 9.18 Å². The van der Waals surface area contributed by atoms with Gasteiger partial charge in [-0.15, -0.1) is 0 Å². The van der Waals surface area contributed by atoms with Crippen molar-refractivity contribution >= 4 is 22.2 Å². The highest BCUT2D eigenvalue weighted by Gasteiger charge is 2.30. The lowest BCUT2D eigenvalue weighted by Gasteiger charge is -2.09. The van der Waals surface area contributed by atoms with Gasteiger partial charge >= 0.3 is 0 Å². The van der Waals surface area contributed by atoms with Crippen LogP contribution in [-0.4, -0.2) is 16.1 Å². The van der Waals surface area contributed by atoms with Crippen LogP contribution in [0.25, 0.3) is 11.3 Å². The number of halogens is 2. The summed E-state index contributed by atoms with van der Waals surface area (Å²) in [4.78, 5) is 11.2. The Labute approximate surface area is 124 Å². The summed E-state index contributed by atoms with van der Waals surface area (Å²) in [5.74, 6) is 0.285. The van der Waals surface area contributed by atoms with E-state index in [2.05, 4.69) is 28.0 Å². The van der Waals surface area contributed by atoms with E-state index in [0.717, 1.165) is 6.29 Å². The van der Waals surface area contributed by atoms with E-state index >= 15 is 0 Å². The third-order valence-corrected chi connectivity index (χ3v) is 4.44. The lowest BCUT2D eigenvalue weighted by molar-refractivity contribution is 0.112. The first-order valence-corrected chi connectivity index (χ1v) is 7.39. The molecule has 1 atom stereocenters. The summed E-state index contributed by atoms with van der Waals surface area (Å²) in [6.45, 7) is 2.10. The largest absolute Gasteiger partial charge is 0.298 e. The van der Waals surface area contributed by atoms with Gasteiger partial charge in [-0.05, 0) is 53.7 Å². The van der Waals surface area contributed by atoms with Gasteiger partial charge in [0, 0.05) is 11.8 Å². The van der Waals surface area contributed by atoms with Gasteiger partial charge in [0.05, 0.1) is 16.1 Å². The van der Waals surface area contributed by atoms with Crippen LogP contribution in [0.5, 0.6) is 0 Å². The molecule has 0 radical (unpaired) electrons. The van der Waals surface area contributed by atoms with Gasteiger partial charge < -0.3 is 0 Å². The smallest absolute Gasteiger partial charge is 0.153 e. The molecule has 0 amide bonds. The molecule has 1 aromatic carbocycles. The zero-order valence-electron chi connectivity index (χ0n) is 11.0. The number of aldehydes is 1. The van der Waals surface area contributed by atoms with Crippen LogP contribution < -0.4 is 0 Å². The Bertz CT molecular complexity index is 664. The number of aromatic nitrogens is 2. The Morgan fingerprint density at radius 1 is 1.50 bits per heavy atom. The van der Waals surface area contributed by atoms with Crippen molar-refractivity contribution in [3.63, 3.8) is 0 Å². The van der Waals surface area contributed by atoms with Crippen molar-refractivity contribution in [2.75, 3.05) is 0 Å². The molecule has 1 aliphatic rings. The maximum Gasteiger partial charge on any atom is 0.153 e. The van der Waals surface area contributed by atoms with Crippen molar-refractivity contribution in [3.05, 3.63) is 40.2 Å². The van der Waals surface area contributed by atoms with Gasteiger partial charge in [-0.1, -0.05) is 6.07 Å². The first-order valence-electron chi connectivity index (χ1n) is 6.60. The summed E-state index contributed by atoms with van der Waals surface area (Å²) < 4.78 is 15.9. The SMILES string of the molecule is CC(C1CC1)n1cc(C=O)c(-c2ccc(Br)c(F)c2)n1. The summed E-state index contributed by atoms with van der Waals surface area (Å²) in [6, 6.07) is 5.06. The molecule has 5 heteroatoms. The molecular formula is C15H14BrFN2O. The predicted molar refractivity (Wildman–Crippen MR) is 78.1 cm³/mol. The Morgan fingerprint density at radius 3 is 2.85 bits per heavy atom. The fourth-order valence-corrected chi connectivity index (χ4v) is 2.61. The standard InChI is InChI=1S/C15H14BrFN2O/c1-9(10-2-3-10)19-7-12(8-20)15(18-19)11-4-5-13(16)14(17)6-11/h4-10H,2-3H2,1H3. The van der Waals surface area contributed by atoms with Gasteiger partial charge in [-0.3, -0.25) is 9.48 Å². The molecule has 1 fully saturated rings. The topological polar surface area (TPSA) is 34.9 Å². The van der Waals surface area contributed by atoms with Crippen LogP contribution in [0.1, 0.15) is 36.2 Å². The number of nitrogens with zero attached hydrogens (tertiary/aromatic N) is 2. The van der Waals surface area contributed by atoms with Crippen LogP contribution >= 0.6 is 15.9 Å². The molecule has 0 saturated heterocycles. The molecule has 104 valence electrons. The lowest BCUT2D eigenvalue weighted by Crippen LogP contribution is -2.07. The molecule has 0 spiro atoms. The number of rotatable bonds is 4. The van der Waals surface area contributed by atoms with Gasteiger partial charge in [-0.25, -0.2) is 4.39 Å². The number of carbonyl (C=O) groups is 1. The van der Waals surface area contributed by atoms with Crippen LogP contribution in [0.3, 0.4) is 0 Å². The predicted octanol–water partition coefficient (Wildman–Crippen LogP) is 4.24. The van der Waals surface area contributed by atoms with Crippen LogP contribution in [0, 0.1) is 11.7 Å². The molecule has 1 aliphatic carbocycles. The summed E-state index contributed by atoms with van der Waals surface area (Å²) >= 11 is 3.12. The molecule has 1 unspecified atom stereocenters. The lowest BCUT2D eigenvalue weighted by atomic mass is 10.1. The number of benzene rings is 1. The van der Waals surface area contributed by atoms with Crippen LogP contribution in [0.4, 0.5) is 4.39 Å². The van der Waals surface area contributed by atoms with Gasteiger partial charge in [-0.2, -0.15) is 5.10 Å². The van der Waals surface area contributed by atoms with Crippen LogP contribution in [0.2, 0.25) is 0 Å². The molecule has 2 aromatic rings. The van der Waals surface area contributed by atoms with Crippen molar-refractivity contribution in [3.8, 4) is 11.3 Å². The summed E-state index contributed by atoms with van der Waals surface area (Å²) in [5.41, 5.74) is 1.66. The Hall–Kier alpha value is -1.49. The molecule has 0 aliphatic heterocycles. The minimum atomic E-state index is -0.357. The maximum absolute atomic E-state index is 13.6. The van der Waals surface area contributed by atoms with E-state index in [4.69, 9.17) is 0 Å². The first kappa shape index (κ1) is 13.5. The molecule has 3 rings (SSSR count). The fourth-order valence-electron chi connectivity index (χ4n) is 2.36. The second-order valence-corrected chi connectivity index (χ2v) is 6.09.